The third-order valence-corrected chi connectivity index (χ3v) is 6.25. The first-order chi connectivity index (χ1) is 16.6. The van der Waals surface area contributed by atoms with E-state index in [0.29, 0.717) is 6.61 Å². The predicted octanol–water partition coefficient (Wildman–Crippen LogP) is 6.37. The Kier molecular flexibility index (Phi) is 6.23. The number of aryl methyl sites for hydroxylation is 1. The van der Waals surface area contributed by atoms with Crippen LogP contribution in [0.5, 0.6) is 5.75 Å². The molecule has 0 bridgehead atoms. The van der Waals surface area contributed by atoms with Gasteiger partial charge in [-0.1, -0.05) is 23.4 Å². The van der Waals surface area contributed by atoms with Gasteiger partial charge in [-0.25, -0.2) is 0 Å². The summed E-state index contributed by atoms with van der Waals surface area (Å²) in [5, 5.41) is 3.29. The minimum atomic E-state index is -0.234. The van der Waals surface area contributed by atoms with Crippen LogP contribution in [-0.2, 0) is 6.42 Å². The van der Waals surface area contributed by atoms with Crippen molar-refractivity contribution >= 4 is 0 Å². The summed E-state index contributed by atoms with van der Waals surface area (Å²) in [4.78, 5) is 17.4. The highest BCUT2D eigenvalue weighted by molar-refractivity contribution is 5.84. The summed E-state index contributed by atoms with van der Waals surface area (Å²) in [6, 6.07) is 20.0. The van der Waals surface area contributed by atoms with Crippen LogP contribution >= 0.6 is 0 Å². The number of likely N-dealkylation sites (N-methyl/N-ethyl adjacent to an activating group) is 1. The van der Waals surface area contributed by atoms with E-state index in [-0.39, 0.29) is 6.04 Å². The summed E-state index contributed by atoms with van der Waals surface area (Å²) in [6.45, 7) is 1.51. The van der Waals surface area contributed by atoms with Crippen molar-refractivity contribution in [2.24, 2.45) is 5.18 Å². The molecule has 0 saturated carbocycles. The zero-order chi connectivity index (χ0) is 23.5. The van der Waals surface area contributed by atoms with Crippen LogP contribution in [-0.4, -0.2) is 37.1 Å². The van der Waals surface area contributed by atoms with Gasteiger partial charge in [-0.05, 0) is 86.1 Å². The van der Waals surface area contributed by atoms with Crippen LogP contribution in [0.25, 0.3) is 33.8 Å². The fourth-order valence-corrected chi connectivity index (χ4v) is 4.40. The highest BCUT2D eigenvalue weighted by atomic mass is 16.5. The molecule has 1 atom stereocenters. The number of nitroso groups, excluding NO2 is 1. The smallest absolute Gasteiger partial charge is 0.142 e. The number of benzene rings is 2. The Hall–Kier alpha value is -3.77. The van der Waals surface area contributed by atoms with Crippen LogP contribution < -0.4 is 4.74 Å². The Labute approximate surface area is 199 Å². The molecule has 5 rings (SSSR count). The quantitative estimate of drug-likeness (QED) is 0.290. The van der Waals surface area contributed by atoms with E-state index in [9.17, 15) is 4.91 Å². The molecule has 4 aromatic rings. The minimum absolute atomic E-state index is 0.234. The van der Waals surface area contributed by atoms with Crippen molar-refractivity contribution in [3.05, 3.63) is 89.1 Å². The lowest BCUT2D eigenvalue weighted by Crippen LogP contribution is -2.19. The SMILES string of the molecule is CN(C)CCOc1ccc(-c2cc(-c3ccc4c(c3)CCC4N=O)c(-c3ccncc3)o2)cc1. The highest BCUT2D eigenvalue weighted by Crippen LogP contribution is 2.42. The molecular formula is C28H27N3O3. The fraction of sp³-hybridized carbons (Fsp3) is 0.250. The molecule has 1 unspecified atom stereocenters. The van der Waals surface area contributed by atoms with Crippen LogP contribution in [0.1, 0.15) is 23.6 Å². The van der Waals surface area contributed by atoms with Gasteiger partial charge in [-0.2, -0.15) is 4.91 Å². The molecule has 1 aliphatic rings. The molecule has 6 nitrogen and oxygen atoms in total. The van der Waals surface area contributed by atoms with Gasteiger partial charge in [0.15, 0.2) is 0 Å². The summed E-state index contributed by atoms with van der Waals surface area (Å²) in [6.07, 6.45) is 5.18. The number of rotatable bonds is 8. The van der Waals surface area contributed by atoms with E-state index in [4.69, 9.17) is 9.15 Å². The topological polar surface area (TPSA) is 67.9 Å². The Bertz CT molecular complexity index is 1280. The molecule has 2 aromatic carbocycles. The number of fused-ring (bicyclic) bond motifs is 1. The second kappa shape index (κ2) is 9.61. The average Bonchev–Trinajstić information content (AvgIpc) is 3.49. The number of hydrogen-bond donors (Lipinski definition) is 0. The maximum absolute atomic E-state index is 11.2. The molecule has 0 radical (unpaired) electrons. The lowest BCUT2D eigenvalue weighted by atomic mass is 9.97. The molecular weight excluding hydrogens is 426 g/mol. The van der Waals surface area contributed by atoms with Gasteiger partial charge in [0, 0.05) is 35.6 Å². The average molecular weight is 454 g/mol. The molecule has 0 N–H and O–H groups in total. The second-order valence-corrected chi connectivity index (χ2v) is 8.84. The summed E-state index contributed by atoms with van der Waals surface area (Å²) >= 11 is 0. The van der Waals surface area contributed by atoms with Gasteiger partial charge >= 0.3 is 0 Å². The monoisotopic (exact) mass is 453 g/mol. The van der Waals surface area contributed by atoms with Crippen LogP contribution in [0, 0.1) is 4.91 Å². The Morgan fingerprint density at radius 1 is 1.00 bits per heavy atom. The van der Waals surface area contributed by atoms with Crippen LogP contribution in [0.2, 0.25) is 0 Å². The van der Waals surface area contributed by atoms with Crippen molar-refractivity contribution in [3.8, 4) is 39.5 Å². The van der Waals surface area contributed by atoms with E-state index in [1.54, 1.807) is 12.4 Å². The van der Waals surface area contributed by atoms with E-state index >= 15 is 0 Å². The lowest BCUT2D eigenvalue weighted by Gasteiger charge is -2.11. The van der Waals surface area contributed by atoms with E-state index in [0.717, 1.165) is 64.5 Å². The largest absolute Gasteiger partial charge is 0.492 e. The lowest BCUT2D eigenvalue weighted by molar-refractivity contribution is 0.261. The molecule has 172 valence electrons. The minimum Gasteiger partial charge on any atom is -0.492 e. The van der Waals surface area contributed by atoms with E-state index in [1.165, 1.54) is 5.56 Å². The van der Waals surface area contributed by atoms with Gasteiger partial charge in [0.05, 0.1) is 0 Å². The van der Waals surface area contributed by atoms with Crippen molar-refractivity contribution in [2.75, 3.05) is 27.2 Å². The molecule has 0 spiro atoms. The fourth-order valence-electron chi connectivity index (χ4n) is 4.40. The molecule has 0 aliphatic heterocycles. The number of nitrogens with zero attached hydrogens (tertiary/aromatic N) is 3. The van der Waals surface area contributed by atoms with Gasteiger partial charge in [-0.15, -0.1) is 0 Å². The standard InChI is InChI=1S/C28H27N3O3/c1-31(2)15-16-33-23-7-3-19(4-8-23)27-18-25(28(34-27)20-11-13-29-14-12-20)22-5-9-24-21(17-22)6-10-26(24)30-32/h3-5,7-9,11-14,17-18,26H,6,10,15-16H2,1-2H3. The van der Waals surface area contributed by atoms with E-state index in [2.05, 4.69) is 33.3 Å². The van der Waals surface area contributed by atoms with Crippen molar-refractivity contribution in [1.82, 2.24) is 9.88 Å². The first-order valence-corrected chi connectivity index (χ1v) is 11.5. The summed E-state index contributed by atoms with van der Waals surface area (Å²) < 4.78 is 12.2. The third-order valence-electron chi connectivity index (χ3n) is 6.25. The number of aromatic nitrogens is 1. The Morgan fingerprint density at radius 2 is 1.76 bits per heavy atom. The molecule has 6 heteroatoms. The van der Waals surface area contributed by atoms with Crippen LogP contribution in [0.4, 0.5) is 0 Å². The van der Waals surface area contributed by atoms with Gasteiger partial charge in [0.25, 0.3) is 0 Å². The maximum atomic E-state index is 11.2. The molecule has 0 amide bonds. The molecule has 0 saturated heterocycles. The molecule has 0 fully saturated rings. The predicted molar refractivity (Wildman–Crippen MR) is 134 cm³/mol. The van der Waals surface area contributed by atoms with Crippen molar-refractivity contribution < 1.29 is 9.15 Å². The van der Waals surface area contributed by atoms with Gasteiger partial charge in [0.2, 0.25) is 0 Å². The Morgan fingerprint density at radius 3 is 2.50 bits per heavy atom. The molecule has 2 heterocycles. The van der Waals surface area contributed by atoms with E-state index < -0.39 is 0 Å². The molecule has 34 heavy (non-hydrogen) atoms. The number of furan rings is 1. The van der Waals surface area contributed by atoms with E-state index in [1.807, 2.05) is 56.6 Å². The van der Waals surface area contributed by atoms with Gasteiger partial charge < -0.3 is 14.1 Å². The van der Waals surface area contributed by atoms with Crippen LogP contribution in [0.15, 0.2) is 82.7 Å². The van der Waals surface area contributed by atoms with Gasteiger partial charge in [0.1, 0.15) is 29.9 Å². The first-order valence-electron chi connectivity index (χ1n) is 11.5. The Balaban J connectivity index is 1.49. The maximum Gasteiger partial charge on any atom is 0.142 e. The zero-order valence-electron chi connectivity index (χ0n) is 19.4. The van der Waals surface area contributed by atoms with Crippen LogP contribution in [0.3, 0.4) is 0 Å². The summed E-state index contributed by atoms with van der Waals surface area (Å²) in [5.74, 6) is 2.42. The number of ether oxygens (including phenoxy) is 1. The first kappa shape index (κ1) is 22.0. The zero-order valence-corrected chi connectivity index (χ0v) is 19.4. The summed E-state index contributed by atoms with van der Waals surface area (Å²) in [5.41, 5.74) is 6.25. The van der Waals surface area contributed by atoms with Gasteiger partial charge in [-0.3, -0.25) is 4.98 Å². The normalized spacial score (nSPS) is 14.9. The summed E-state index contributed by atoms with van der Waals surface area (Å²) in [7, 11) is 4.06. The molecule has 2 aromatic heterocycles. The third kappa shape index (κ3) is 4.50. The molecule has 1 aliphatic carbocycles. The highest BCUT2D eigenvalue weighted by Gasteiger charge is 2.24. The number of hydrogen-bond acceptors (Lipinski definition) is 6. The second-order valence-electron chi connectivity index (χ2n) is 8.84. The van der Waals surface area contributed by atoms with Crippen molar-refractivity contribution in [3.63, 3.8) is 0 Å². The number of pyridine rings is 1. The van der Waals surface area contributed by atoms with Crippen molar-refractivity contribution in [1.29, 1.82) is 0 Å². The van der Waals surface area contributed by atoms with Crippen molar-refractivity contribution in [2.45, 2.75) is 18.9 Å².